The second-order valence-electron chi connectivity index (χ2n) is 5.08. The second kappa shape index (κ2) is 7.50. The molecule has 0 unspecified atom stereocenters. The van der Waals surface area contributed by atoms with Gasteiger partial charge in [-0.3, -0.25) is 9.97 Å². The minimum absolute atomic E-state index is 0.265. The summed E-state index contributed by atoms with van der Waals surface area (Å²) < 4.78 is 18.6. The number of halogens is 1. The maximum atomic E-state index is 13.2. The minimum atomic E-state index is -0.278. The van der Waals surface area contributed by atoms with Gasteiger partial charge in [-0.05, 0) is 30.7 Å². The number of pyridine rings is 1. The van der Waals surface area contributed by atoms with Crippen LogP contribution in [0.5, 0.6) is 5.88 Å². The van der Waals surface area contributed by atoms with E-state index in [1.165, 1.54) is 12.1 Å². The smallest absolute Gasteiger partial charge is 0.213 e. The van der Waals surface area contributed by atoms with Crippen LogP contribution < -0.4 is 10.1 Å². The molecule has 1 aromatic carbocycles. The highest BCUT2D eigenvalue weighted by Gasteiger charge is 2.16. The normalized spacial score (nSPS) is 11.8. The number of benzene rings is 1. The lowest BCUT2D eigenvalue weighted by Crippen LogP contribution is -2.14. The standard InChI is InChI=1S/C18H17FN4O/c1-2-24-17-8-7-15(11-22-17)23-18(16-12-20-9-10-21-16)13-3-5-14(19)6-4-13/h3-12,18,23H,2H2,1H3/t18-/m1/s1. The van der Waals surface area contributed by atoms with Crippen LogP contribution in [0.2, 0.25) is 0 Å². The van der Waals surface area contributed by atoms with E-state index >= 15 is 0 Å². The molecule has 0 saturated carbocycles. The van der Waals surface area contributed by atoms with Crippen LogP contribution in [0.1, 0.15) is 24.2 Å². The van der Waals surface area contributed by atoms with Gasteiger partial charge < -0.3 is 10.1 Å². The summed E-state index contributed by atoms with van der Waals surface area (Å²) >= 11 is 0. The van der Waals surface area contributed by atoms with Crippen LogP contribution in [0, 0.1) is 5.82 Å². The largest absolute Gasteiger partial charge is 0.478 e. The molecule has 0 spiro atoms. The average Bonchev–Trinajstić information content (AvgIpc) is 2.63. The summed E-state index contributed by atoms with van der Waals surface area (Å²) in [4.78, 5) is 12.7. The first-order valence-electron chi connectivity index (χ1n) is 7.63. The van der Waals surface area contributed by atoms with Gasteiger partial charge >= 0.3 is 0 Å². The zero-order valence-electron chi connectivity index (χ0n) is 13.2. The number of anilines is 1. The molecule has 122 valence electrons. The van der Waals surface area contributed by atoms with E-state index in [-0.39, 0.29) is 11.9 Å². The fourth-order valence-corrected chi connectivity index (χ4v) is 2.31. The topological polar surface area (TPSA) is 59.9 Å². The summed E-state index contributed by atoms with van der Waals surface area (Å²) in [7, 11) is 0. The van der Waals surface area contributed by atoms with E-state index in [4.69, 9.17) is 4.74 Å². The van der Waals surface area contributed by atoms with Gasteiger partial charge in [0.25, 0.3) is 0 Å². The van der Waals surface area contributed by atoms with E-state index in [2.05, 4.69) is 20.3 Å². The van der Waals surface area contributed by atoms with Crippen LogP contribution in [-0.2, 0) is 0 Å². The first-order chi connectivity index (χ1) is 11.8. The summed E-state index contributed by atoms with van der Waals surface area (Å²) in [6.45, 7) is 2.48. The van der Waals surface area contributed by atoms with E-state index in [1.54, 1.807) is 43.0 Å². The lowest BCUT2D eigenvalue weighted by Gasteiger charge is -2.19. The maximum absolute atomic E-state index is 13.2. The number of ether oxygens (including phenoxy) is 1. The van der Waals surface area contributed by atoms with E-state index in [9.17, 15) is 4.39 Å². The van der Waals surface area contributed by atoms with Gasteiger partial charge in [0.05, 0.1) is 36.4 Å². The Morgan fingerprint density at radius 1 is 1.04 bits per heavy atom. The number of rotatable bonds is 6. The maximum Gasteiger partial charge on any atom is 0.213 e. The zero-order chi connectivity index (χ0) is 16.8. The minimum Gasteiger partial charge on any atom is -0.478 e. The second-order valence-corrected chi connectivity index (χ2v) is 5.08. The Bertz CT molecular complexity index is 763. The molecule has 2 aromatic heterocycles. The highest BCUT2D eigenvalue weighted by molar-refractivity contribution is 5.47. The van der Waals surface area contributed by atoms with Gasteiger partial charge in [-0.15, -0.1) is 0 Å². The predicted molar refractivity (Wildman–Crippen MR) is 89.3 cm³/mol. The van der Waals surface area contributed by atoms with Crippen LogP contribution in [-0.4, -0.2) is 21.6 Å². The molecule has 1 N–H and O–H groups in total. The van der Waals surface area contributed by atoms with E-state index < -0.39 is 0 Å². The fourth-order valence-electron chi connectivity index (χ4n) is 2.31. The Morgan fingerprint density at radius 3 is 2.50 bits per heavy atom. The van der Waals surface area contributed by atoms with Gasteiger partial charge in [-0.2, -0.15) is 0 Å². The molecule has 0 aliphatic carbocycles. The molecular weight excluding hydrogens is 307 g/mol. The Kier molecular flexibility index (Phi) is 4.96. The summed E-state index contributed by atoms with van der Waals surface area (Å²) in [6.07, 6.45) is 6.62. The molecule has 6 heteroatoms. The number of nitrogens with one attached hydrogen (secondary N) is 1. The van der Waals surface area contributed by atoms with E-state index in [1.807, 2.05) is 13.0 Å². The molecule has 3 rings (SSSR count). The van der Waals surface area contributed by atoms with Gasteiger partial charge in [0.2, 0.25) is 5.88 Å². The van der Waals surface area contributed by atoms with Crippen molar-refractivity contribution < 1.29 is 9.13 Å². The van der Waals surface area contributed by atoms with Gasteiger partial charge in [-0.25, -0.2) is 9.37 Å². The van der Waals surface area contributed by atoms with Crippen molar-refractivity contribution >= 4 is 5.69 Å². The van der Waals surface area contributed by atoms with Gasteiger partial charge in [0.15, 0.2) is 0 Å². The van der Waals surface area contributed by atoms with E-state index in [0.717, 1.165) is 16.9 Å². The highest BCUT2D eigenvalue weighted by Crippen LogP contribution is 2.25. The molecule has 0 bridgehead atoms. The van der Waals surface area contributed by atoms with Gasteiger partial charge in [0, 0.05) is 18.5 Å². The number of aromatic nitrogens is 3. The average molecular weight is 324 g/mol. The molecule has 0 aliphatic rings. The summed E-state index contributed by atoms with van der Waals surface area (Å²) in [5, 5.41) is 3.36. The van der Waals surface area contributed by atoms with Gasteiger partial charge in [0.1, 0.15) is 5.82 Å². The first kappa shape index (κ1) is 15.9. The van der Waals surface area contributed by atoms with Crippen molar-refractivity contribution in [3.63, 3.8) is 0 Å². The summed E-state index contributed by atoms with van der Waals surface area (Å²) in [5.74, 6) is 0.292. The lowest BCUT2D eigenvalue weighted by molar-refractivity contribution is 0.327. The van der Waals surface area contributed by atoms with Crippen LogP contribution >= 0.6 is 0 Å². The van der Waals surface area contributed by atoms with Crippen LogP contribution in [0.25, 0.3) is 0 Å². The van der Waals surface area contributed by atoms with Crippen LogP contribution in [0.15, 0.2) is 61.2 Å². The zero-order valence-corrected chi connectivity index (χ0v) is 13.2. The number of hydrogen-bond acceptors (Lipinski definition) is 5. The van der Waals surface area contributed by atoms with Crippen molar-refractivity contribution in [1.82, 2.24) is 15.0 Å². The third-order valence-electron chi connectivity index (χ3n) is 3.42. The first-order valence-corrected chi connectivity index (χ1v) is 7.63. The van der Waals surface area contributed by atoms with Crippen molar-refractivity contribution in [2.75, 3.05) is 11.9 Å². The highest BCUT2D eigenvalue weighted by atomic mass is 19.1. The molecule has 0 saturated heterocycles. The summed E-state index contributed by atoms with van der Waals surface area (Å²) in [6, 6.07) is 9.72. The molecule has 0 aliphatic heterocycles. The predicted octanol–water partition coefficient (Wildman–Crippen LogP) is 3.61. The third-order valence-corrected chi connectivity index (χ3v) is 3.42. The number of nitrogens with zero attached hydrogens (tertiary/aromatic N) is 3. The van der Waals surface area contributed by atoms with Crippen molar-refractivity contribution in [3.05, 3.63) is 78.3 Å². The Morgan fingerprint density at radius 2 is 1.88 bits per heavy atom. The monoisotopic (exact) mass is 324 g/mol. The lowest BCUT2D eigenvalue weighted by atomic mass is 10.0. The third kappa shape index (κ3) is 3.84. The van der Waals surface area contributed by atoms with Crippen molar-refractivity contribution in [1.29, 1.82) is 0 Å². The Balaban J connectivity index is 1.88. The molecular formula is C18H17FN4O. The fraction of sp³-hybridized carbons (Fsp3) is 0.167. The van der Waals surface area contributed by atoms with Crippen LogP contribution in [0.4, 0.5) is 10.1 Å². The van der Waals surface area contributed by atoms with E-state index in [0.29, 0.717) is 12.5 Å². The van der Waals surface area contributed by atoms with Crippen molar-refractivity contribution in [2.45, 2.75) is 13.0 Å². The molecule has 1 atom stereocenters. The molecule has 5 nitrogen and oxygen atoms in total. The molecule has 0 amide bonds. The molecule has 0 fully saturated rings. The van der Waals surface area contributed by atoms with Crippen molar-refractivity contribution in [3.8, 4) is 5.88 Å². The van der Waals surface area contributed by atoms with Crippen molar-refractivity contribution in [2.24, 2.45) is 0 Å². The Hall–Kier alpha value is -3.02. The molecule has 0 radical (unpaired) electrons. The molecule has 24 heavy (non-hydrogen) atoms. The molecule has 2 heterocycles. The quantitative estimate of drug-likeness (QED) is 0.750. The Labute approximate surface area is 139 Å². The SMILES string of the molecule is CCOc1ccc(N[C@H](c2ccc(F)cc2)c2cnccn2)cn1. The number of hydrogen-bond donors (Lipinski definition) is 1. The summed E-state index contributed by atoms with van der Waals surface area (Å²) in [5.41, 5.74) is 2.42. The van der Waals surface area contributed by atoms with Crippen LogP contribution in [0.3, 0.4) is 0 Å². The molecule has 3 aromatic rings. The van der Waals surface area contributed by atoms with Gasteiger partial charge in [-0.1, -0.05) is 12.1 Å².